The molecule has 2 aromatic heterocycles. The first kappa shape index (κ1) is 13.7. The molecule has 0 radical (unpaired) electrons. The van der Waals surface area contributed by atoms with Gasteiger partial charge in [0.05, 0.1) is 4.90 Å². The number of rotatable bonds is 5. The summed E-state index contributed by atoms with van der Waals surface area (Å²) >= 11 is 0. The van der Waals surface area contributed by atoms with Gasteiger partial charge in [0.25, 0.3) is 0 Å². The van der Waals surface area contributed by atoms with Crippen molar-refractivity contribution >= 4 is 15.7 Å². The zero-order chi connectivity index (χ0) is 14.7. The number of nitrogens with zero attached hydrogens (tertiary/aromatic N) is 3. The van der Waals surface area contributed by atoms with Crippen LogP contribution in [0.25, 0.3) is 5.65 Å². The van der Waals surface area contributed by atoms with Gasteiger partial charge in [0.1, 0.15) is 5.82 Å². The molecule has 0 fully saturated rings. The van der Waals surface area contributed by atoms with E-state index in [1.54, 1.807) is 30.3 Å². The van der Waals surface area contributed by atoms with E-state index in [0.717, 1.165) is 11.5 Å². The van der Waals surface area contributed by atoms with Gasteiger partial charge in [-0.1, -0.05) is 24.3 Å². The zero-order valence-electron chi connectivity index (χ0n) is 11.2. The molecule has 0 saturated heterocycles. The Morgan fingerprint density at radius 3 is 2.57 bits per heavy atom. The highest BCUT2D eigenvalue weighted by molar-refractivity contribution is 7.89. The van der Waals surface area contributed by atoms with Crippen LogP contribution in [0.2, 0.25) is 0 Å². The van der Waals surface area contributed by atoms with Crippen LogP contribution in [0, 0.1) is 0 Å². The quantitative estimate of drug-likeness (QED) is 0.769. The summed E-state index contributed by atoms with van der Waals surface area (Å²) in [7, 11) is -3.47. The molecule has 0 saturated carbocycles. The molecule has 0 unspecified atom stereocenters. The average Bonchev–Trinajstić information content (AvgIpc) is 2.92. The van der Waals surface area contributed by atoms with E-state index in [0.29, 0.717) is 6.42 Å². The predicted octanol–water partition coefficient (Wildman–Crippen LogP) is 1.25. The van der Waals surface area contributed by atoms with Crippen molar-refractivity contribution in [2.24, 2.45) is 0 Å². The summed E-state index contributed by atoms with van der Waals surface area (Å²) in [6.07, 6.45) is 2.33. The number of hydrogen-bond donors (Lipinski definition) is 1. The molecular weight excluding hydrogens is 288 g/mol. The molecule has 1 N–H and O–H groups in total. The van der Waals surface area contributed by atoms with Crippen LogP contribution in [0.5, 0.6) is 0 Å². The van der Waals surface area contributed by atoms with Crippen LogP contribution >= 0.6 is 0 Å². The Kier molecular flexibility index (Phi) is 3.68. The maximum Gasteiger partial charge on any atom is 0.240 e. The van der Waals surface area contributed by atoms with Crippen molar-refractivity contribution in [3.05, 3.63) is 60.6 Å². The van der Waals surface area contributed by atoms with Crippen molar-refractivity contribution in [2.75, 3.05) is 6.54 Å². The highest BCUT2D eigenvalue weighted by atomic mass is 32.2. The lowest BCUT2D eigenvalue weighted by Gasteiger charge is -2.05. The Hall–Kier alpha value is -2.25. The number of benzene rings is 1. The monoisotopic (exact) mass is 302 g/mol. The first-order chi connectivity index (χ1) is 10.2. The summed E-state index contributed by atoms with van der Waals surface area (Å²) in [5.74, 6) is 0.723. The number of sulfonamides is 1. The lowest BCUT2D eigenvalue weighted by atomic mass is 10.4. The van der Waals surface area contributed by atoms with Gasteiger partial charge in [0, 0.05) is 19.2 Å². The van der Waals surface area contributed by atoms with Crippen molar-refractivity contribution in [1.29, 1.82) is 0 Å². The van der Waals surface area contributed by atoms with Crippen LogP contribution in [-0.2, 0) is 16.4 Å². The van der Waals surface area contributed by atoms with E-state index in [1.165, 1.54) is 0 Å². The molecular formula is C14H14N4O2S. The minimum atomic E-state index is -3.47. The normalized spacial score (nSPS) is 11.8. The lowest BCUT2D eigenvalue weighted by Crippen LogP contribution is -2.26. The van der Waals surface area contributed by atoms with E-state index in [9.17, 15) is 8.42 Å². The maximum atomic E-state index is 12.1. The highest BCUT2D eigenvalue weighted by Gasteiger charge is 2.13. The van der Waals surface area contributed by atoms with Crippen LogP contribution in [0.1, 0.15) is 5.82 Å². The molecule has 2 heterocycles. The molecule has 6 nitrogen and oxygen atoms in total. The van der Waals surface area contributed by atoms with Gasteiger partial charge in [0.2, 0.25) is 10.0 Å². The van der Waals surface area contributed by atoms with Gasteiger partial charge in [-0.3, -0.25) is 4.40 Å². The minimum absolute atomic E-state index is 0.260. The van der Waals surface area contributed by atoms with E-state index < -0.39 is 10.0 Å². The Balaban J connectivity index is 1.69. The van der Waals surface area contributed by atoms with Gasteiger partial charge in [-0.05, 0) is 24.3 Å². The van der Waals surface area contributed by atoms with Crippen LogP contribution in [0.3, 0.4) is 0 Å². The van der Waals surface area contributed by atoms with Crippen molar-refractivity contribution in [3.63, 3.8) is 0 Å². The summed E-state index contributed by atoms with van der Waals surface area (Å²) in [6.45, 7) is 0.271. The molecule has 0 amide bonds. The third-order valence-corrected chi connectivity index (χ3v) is 4.56. The Bertz CT molecular complexity index is 844. The summed E-state index contributed by atoms with van der Waals surface area (Å²) < 4.78 is 28.6. The second-order valence-electron chi connectivity index (χ2n) is 4.51. The Morgan fingerprint density at radius 1 is 1.00 bits per heavy atom. The molecule has 0 bridgehead atoms. The van der Waals surface area contributed by atoms with Crippen molar-refractivity contribution < 1.29 is 8.42 Å². The molecule has 108 valence electrons. The number of hydrogen-bond acceptors (Lipinski definition) is 4. The SMILES string of the molecule is O=S(=O)(NCCc1nnc2ccccn12)c1ccccc1. The number of nitrogens with one attached hydrogen (secondary N) is 1. The van der Waals surface area contributed by atoms with Gasteiger partial charge in [0.15, 0.2) is 5.65 Å². The summed E-state index contributed by atoms with van der Waals surface area (Å²) in [5, 5.41) is 8.09. The van der Waals surface area contributed by atoms with E-state index in [2.05, 4.69) is 14.9 Å². The first-order valence-corrected chi connectivity index (χ1v) is 7.98. The van der Waals surface area contributed by atoms with E-state index in [-0.39, 0.29) is 11.4 Å². The van der Waals surface area contributed by atoms with E-state index in [1.807, 2.05) is 28.8 Å². The molecule has 0 aliphatic carbocycles. The molecule has 0 aliphatic rings. The van der Waals surface area contributed by atoms with Crippen LogP contribution in [0.15, 0.2) is 59.6 Å². The molecule has 0 spiro atoms. The molecule has 21 heavy (non-hydrogen) atoms. The fraction of sp³-hybridized carbons (Fsp3) is 0.143. The minimum Gasteiger partial charge on any atom is -0.286 e. The molecule has 0 aliphatic heterocycles. The van der Waals surface area contributed by atoms with E-state index >= 15 is 0 Å². The van der Waals surface area contributed by atoms with E-state index in [4.69, 9.17) is 0 Å². The second-order valence-corrected chi connectivity index (χ2v) is 6.27. The topological polar surface area (TPSA) is 76.4 Å². The highest BCUT2D eigenvalue weighted by Crippen LogP contribution is 2.07. The number of fused-ring (bicyclic) bond motifs is 1. The largest absolute Gasteiger partial charge is 0.286 e. The average molecular weight is 302 g/mol. The smallest absolute Gasteiger partial charge is 0.240 e. The van der Waals surface area contributed by atoms with Crippen molar-refractivity contribution in [2.45, 2.75) is 11.3 Å². The third-order valence-electron chi connectivity index (χ3n) is 3.08. The summed E-state index contributed by atoms with van der Waals surface area (Å²) in [6, 6.07) is 13.9. The lowest BCUT2D eigenvalue weighted by molar-refractivity contribution is 0.580. The number of aromatic nitrogens is 3. The molecule has 1 aromatic carbocycles. The maximum absolute atomic E-state index is 12.1. The van der Waals surface area contributed by atoms with Gasteiger partial charge in [-0.15, -0.1) is 10.2 Å². The second kappa shape index (κ2) is 5.63. The molecule has 7 heteroatoms. The van der Waals surface area contributed by atoms with Gasteiger partial charge >= 0.3 is 0 Å². The first-order valence-electron chi connectivity index (χ1n) is 6.50. The number of pyridine rings is 1. The van der Waals surface area contributed by atoms with Gasteiger partial charge in [-0.25, -0.2) is 13.1 Å². The van der Waals surface area contributed by atoms with Gasteiger partial charge in [-0.2, -0.15) is 0 Å². The molecule has 3 aromatic rings. The summed E-state index contributed by atoms with van der Waals surface area (Å²) in [5.41, 5.74) is 0.749. The predicted molar refractivity (Wildman–Crippen MR) is 78.3 cm³/mol. The molecule has 3 rings (SSSR count). The van der Waals surface area contributed by atoms with Crippen LogP contribution < -0.4 is 4.72 Å². The van der Waals surface area contributed by atoms with Crippen molar-refractivity contribution in [3.8, 4) is 0 Å². The zero-order valence-corrected chi connectivity index (χ0v) is 12.0. The van der Waals surface area contributed by atoms with Crippen LogP contribution in [-0.4, -0.2) is 29.6 Å². The summed E-state index contributed by atoms with van der Waals surface area (Å²) in [4.78, 5) is 0.260. The fourth-order valence-electron chi connectivity index (χ4n) is 2.04. The van der Waals surface area contributed by atoms with Crippen molar-refractivity contribution in [1.82, 2.24) is 19.3 Å². The van der Waals surface area contributed by atoms with Gasteiger partial charge < -0.3 is 0 Å². The molecule has 0 atom stereocenters. The Labute approximate surface area is 122 Å². The fourth-order valence-corrected chi connectivity index (χ4v) is 3.09. The standard InChI is InChI=1S/C14H14N4O2S/c19-21(20,12-6-2-1-3-7-12)15-10-9-14-17-16-13-8-4-5-11-18(13)14/h1-8,11,15H,9-10H2. The van der Waals surface area contributed by atoms with Crippen LogP contribution in [0.4, 0.5) is 0 Å². The third kappa shape index (κ3) is 2.93. The Morgan fingerprint density at radius 2 is 1.76 bits per heavy atom.